The molecule has 0 saturated heterocycles. The summed E-state index contributed by atoms with van der Waals surface area (Å²) in [7, 11) is 0. The molecule has 0 N–H and O–H groups in total. The van der Waals surface area contributed by atoms with Gasteiger partial charge in [0.15, 0.2) is 0 Å². The van der Waals surface area contributed by atoms with Gasteiger partial charge in [0.25, 0.3) is 0 Å². The molecule has 0 aliphatic carbocycles. The highest BCUT2D eigenvalue weighted by molar-refractivity contribution is 9.10. The third-order valence-corrected chi connectivity index (χ3v) is 2.66. The Hall–Kier alpha value is -0.680. The summed E-state index contributed by atoms with van der Waals surface area (Å²) in [5.74, 6) is -0.0220. The molecule has 0 fully saturated rings. The van der Waals surface area contributed by atoms with Crippen LogP contribution in [0, 0.1) is 0 Å². The predicted molar refractivity (Wildman–Crippen MR) is 65.7 cm³/mol. The van der Waals surface area contributed by atoms with Crippen molar-refractivity contribution in [1.82, 2.24) is 9.78 Å². The number of hydrogen-bond donors (Lipinski definition) is 0. The van der Waals surface area contributed by atoms with Crippen molar-refractivity contribution in [3.63, 3.8) is 0 Å². The Morgan fingerprint density at radius 3 is 2.88 bits per heavy atom. The van der Waals surface area contributed by atoms with Gasteiger partial charge in [-0.1, -0.05) is 13.8 Å². The zero-order valence-corrected chi connectivity index (χ0v) is 11.3. The molecule has 0 spiro atoms. The van der Waals surface area contributed by atoms with Gasteiger partial charge in [-0.05, 0) is 28.8 Å². The van der Waals surface area contributed by atoms with Gasteiger partial charge in [-0.25, -0.2) is 0 Å². The lowest BCUT2D eigenvalue weighted by molar-refractivity contribution is 0.0749. The zero-order chi connectivity index (χ0) is 12.0. The fraction of sp³-hybridized carbons (Fsp3) is 0.636. The lowest BCUT2D eigenvalue weighted by Gasteiger charge is -2.06. The van der Waals surface area contributed by atoms with E-state index in [1.807, 2.05) is 6.92 Å². The smallest absolute Gasteiger partial charge is 0.207 e. The first-order valence-corrected chi connectivity index (χ1v) is 6.32. The van der Waals surface area contributed by atoms with Gasteiger partial charge < -0.3 is 4.74 Å². The largest absolute Gasteiger partial charge is 0.373 e. The second-order valence-corrected chi connectivity index (χ2v) is 4.39. The summed E-state index contributed by atoms with van der Waals surface area (Å²) >= 11 is 3.34. The fourth-order valence-electron chi connectivity index (χ4n) is 1.40. The molecule has 1 rings (SSSR count). The van der Waals surface area contributed by atoms with Crippen LogP contribution in [0.2, 0.25) is 0 Å². The van der Waals surface area contributed by atoms with Gasteiger partial charge in [-0.15, -0.1) is 0 Å². The Kier molecular flexibility index (Phi) is 5.69. The van der Waals surface area contributed by atoms with Crippen LogP contribution in [0.4, 0.5) is 0 Å². The van der Waals surface area contributed by atoms with Crippen molar-refractivity contribution >= 4 is 21.7 Å². The first-order chi connectivity index (χ1) is 7.70. The number of carbonyl (C=O) groups excluding carboxylic acids is 1. The van der Waals surface area contributed by atoms with E-state index < -0.39 is 0 Å². The van der Waals surface area contributed by atoms with Crippen LogP contribution < -0.4 is 0 Å². The van der Waals surface area contributed by atoms with Gasteiger partial charge in [-0.3, -0.25) is 9.48 Å². The third-order valence-electron chi connectivity index (χ3n) is 2.08. The number of aromatic nitrogens is 2. The van der Waals surface area contributed by atoms with Crippen LogP contribution in [0.25, 0.3) is 0 Å². The van der Waals surface area contributed by atoms with Gasteiger partial charge in [0.1, 0.15) is 12.3 Å². The Labute approximate surface area is 104 Å². The standard InChI is InChI=1S/C11H17BrN2O2/c1-3-5-14-11(9(12)7-13-14)10(15)8-16-6-4-2/h7H,3-6,8H2,1-2H3. The molecular weight excluding hydrogens is 272 g/mol. The van der Waals surface area contributed by atoms with E-state index in [4.69, 9.17) is 4.74 Å². The first-order valence-electron chi connectivity index (χ1n) is 5.52. The van der Waals surface area contributed by atoms with Crippen LogP contribution in [0.15, 0.2) is 10.7 Å². The quantitative estimate of drug-likeness (QED) is 0.572. The molecule has 1 aromatic rings. The van der Waals surface area contributed by atoms with Crippen molar-refractivity contribution in [2.24, 2.45) is 0 Å². The Morgan fingerprint density at radius 1 is 1.50 bits per heavy atom. The van der Waals surface area contributed by atoms with Crippen LogP contribution >= 0.6 is 15.9 Å². The molecule has 90 valence electrons. The normalized spacial score (nSPS) is 10.7. The SMILES string of the molecule is CCCOCC(=O)c1c(Br)cnn1CCC. The van der Waals surface area contributed by atoms with E-state index in [-0.39, 0.29) is 12.4 Å². The molecule has 0 aliphatic heterocycles. The maximum atomic E-state index is 11.9. The molecule has 1 heterocycles. The second kappa shape index (κ2) is 6.81. The highest BCUT2D eigenvalue weighted by atomic mass is 79.9. The number of nitrogens with zero attached hydrogens (tertiary/aromatic N) is 2. The number of carbonyl (C=O) groups is 1. The molecule has 0 atom stereocenters. The van der Waals surface area contributed by atoms with E-state index in [2.05, 4.69) is 28.0 Å². The van der Waals surface area contributed by atoms with E-state index >= 15 is 0 Å². The van der Waals surface area contributed by atoms with E-state index in [0.717, 1.165) is 23.9 Å². The van der Waals surface area contributed by atoms with Crippen LogP contribution in [0.1, 0.15) is 37.2 Å². The highest BCUT2D eigenvalue weighted by Crippen LogP contribution is 2.17. The Morgan fingerprint density at radius 2 is 2.25 bits per heavy atom. The minimum Gasteiger partial charge on any atom is -0.373 e. The zero-order valence-electron chi connectivity index (χ0n) is 9.70. The predicted octanol–water partition coefficient (Wildman–Crippen LogP) is 2.66. The minimum absolute atomic E-state index is 0.0220. The van der Waals surface area contributed by atoms with E-state index in [0.29, 0.717) is 12.3 Å². The minimum atomic E-state index is -0.0220. The number of ether oxygens (including phenoxy) is 1. The summed E-state index contributed by atoms with van der Waals surface area (Å²) in [6.45, 7) is 5.56. The molecule has 1 aromatic heterocycles. The molecule has 0 aromatic carbocycles. The average molecular weight is 289 g/mol. The molecule has 0 saturated carbocycles. The summed E-state index contributed by atoms with van der Waals surface area (Å²) in [4.78, 5) is 11.9. The van der Waals surface area contributed by atoms with Crippen LogP contribution in [-0.2, 0) is 11.3 Å². The average Bonchev–Trinajstić information content (AvgIpc) is 2.61. The van der Waals surface area contributed by atoms with Crippen molar-refractivity contribution in [3.05, 3.63) is 16.4 Å². The summed E-state index contributed by atoms with van der Waals surface area (Å²) < 4.78 is 7.71. The molecular formula is C11H17BrN2O2. The van der Waals surface area contributed by atoms with Crippen molar-refractivity contribution in [3.8, 4) is 0 Å². The molecule has 5 heteroatoms. The second-order valence-electron chi connectivity index (χ2n) is 3.54. The van der Waals surface area contributed by atoms with E-state index in [1.54, 1.807) is 10.9 Å². The topological polar surface area (TPSA) is 44.1 Å². The van der Waals surface area contributed by atoms with Crippen molar-refractivity contribution in [2.45, 2.75) is 33.2 Å². The molecule has 0 unspecified atom stereocenters. The van der Waals surface area contributed by atoms with Gasteiger partial charge >= 0.3 is 0 Å². The maximum absolute atomic E-state index is 11.9. The van der Waals surface area contributed by atoms with Crippen LogP contribution in [0.5, 0.6) is 0 Å². The first kappa shape index (κ1) is 13.4. The Balaban J connectivity index is 2.69. The fourth-order valence-corrected chi connectivity index (χ4v) is 1.92. The van der Waals surface area contributed by atoms with Crippen molar-refractivity contribution < 1.29 is 9.53 Å². The number of Topliss-reactive ketones (excluding diaryl/α,β-unsaturated/α-hetero) is 1. The van der Waals surface area contributed by atoms with E-state index in [1.165, 1.54) is 0 Å². The number of rotatable bonds is 7. The lowest BCUT2D eigenvalue weighted by atomic mass is 10.3. The lowest BCUT2D eigenvalue weighted by Crippen LogP contribution is -2.16. The third kappa shape index (κ3) is 3.42. The number of halogens is 1. The van der Waals surface area contributed by atoms with Crippen molar-refractivity contribution in [1.29, 1.82) is 0 Å². The number of aryl methyl sites for hydroxylation is 1. The molecule has 0 amide bonds. The summed E-state index contributed by atoms with van der Waals surface area (Å²) in [5.41, 5.74) is 0.609. The van der Waals surface area contributed by atoms with Gasteiger partial charge in [0.2, 0.25) is 5.78 Å². The molecule has 0 radical (unpaired) electrons. The Bertz CT molecular complexity index is 350. The summed E-state index contributed by atoms with van der Waals surface area (Å²) in [6, 6.07) is 0. The van der Waals surface area contributed by atoms with Crippen LogP contribution in [0.3, 0.4) is 0 Å². The van der Waals surface area contributed by atoms with Crippen molar-refractivity contribution in [2.75, 3.05) is 13.2 Å². The molecule has 0 aliphatic rings. The van der Waals surface area contributed by atoms with E-state index in [9.17, 15) is 4.79 Å². The van der Waals surface area contributed by atoms with Gasteiger partial charge in [-0.2, -0.15) is 5.10 Å². The summed E-state index contributed by atoms with van der Waals surface area (Å²) in [5, 5.41) is 4.15. The molecule has 4 nitrogen and oxygen atoms in total. The summed E-state index contributed by atoms with van der Waals surface area (Å²) in [6.07, 6.45) is 3.52. The molecule has 16 heavy (non-hydrogen) atoms. The van der Waals surface area contributed by atoms with Gasteiger partial charge in [0.05, 0.1) is 10.7 Å². The number of ketones is 1. The van der Waals surface area contributed by atoms with Gasteiger partial charge in [0, 0.05) is 13.2 Å². The number of hydrogen-bond acceptors (Lipinski definition) is 3. The van der Waals surface area contributed by atoms with Crippen LogP contribution in [-0.4, -0.2) is 28.8 Å². The molecule has 0 bridgehead atoms. The monoisotopic (exact) mass is 288 g/mol. The maximum Gasteiger partial charge on any atom is 0.207 e. The highest BCUT2D eigenvalue weighted by Gasteiger charge is 2.16.